The average Bonchev–Trinajstić information content (AvgIpc) is 2.72. The van der Waals surface area contributed by atoms with Gasteiger partial charge in [-0.3, -0.25) is 14.4 Å². The molecule has 0 unspecified atom stereocenters. The first-order chi connectivity index (χ1) is 14.7. The molecular weight excluding hydrogens is 396 g/mol. The predicted octanol–water partition coefficient (Wildman–Crippen LogP) is 4.22. The minimum Gasteiger partial charge on any atom is -0.480 e. The van der Waals surface area contributed by atoms with E-state index in [0.717, 1.165) is 30.2 Å². The maximum atomic E-state index is 12.6. The van der Waals surface area contributed by atoms with Gasteiger partial charge in [-0.15, -0.1) is 0 Å². The van der Waals surface area contributed by atoms with E-state index in [1.807, 2.05) is 45.0 Å². The fourth-order valence-corrected chi connectivity index (χ4v) is 3.12. The van der Waals surface area contributed by atoms with Crippen LogP contribution in [-0.4, -0.2) is 41.9 Å². The Morgan fingerprint density at radius 2 is 1.68 bits per heavy atom. The molecule has 0 saturated carbocycles. The molecule has 7 heteroatoms. The van der Waals surface area contributed by atoms with Gasteiger partial charge in [-0.2, -0.15) is 0 Å². The topological polar surface area (TPSA) is 94.6 Å². The number of carbonyl (C=O) groups is 3. The van der Waals surface area contributed by atoms with Crippen molar-refractivity contribution in [1.29, 1.82) is 0 Å². The molecule has 1 aromatic heterocycles. The maximum Gasteiger partial charge on any atom is 0.306 e. The highest BCUT2D eigenvalue weighted by atomic mass is 16.6. The monoisotopic (exact) mass is 428 g/mol. The van der Waals surface area contributed by atoms with E-state index in [0.29, 0.717) is 24.8 Å². The lowest BCUT2D eigenvalue weighted by atomic mass is 10.1. The number of rotatable bonds is 11. The molecule has 2 aromatic rings. The first-order valence-corrected chi connectivity index (χ1v) is 10.6. The van der Waals surface area contributed by atoms with E-state index in [4.69, 9.17) is 9.47 Å². The molecule has 31 heavy (non-hydrogen) atoms. The third-order valence-electron chi connectivity index (χ3n) is 4.58. The second-order valence-electron chi connectivity index (χ2n) is 8.44. The van der Waals surface area contributed by atoms with Crippen LogP contribution in [0, 0.1) is 0 Å². The number of hydrogen-bond donors (Lipinski definition) is 1. The van der Waals surface area contributed by atoms with Crippen LogP contribution in [0.4, 0.5) is 0 Å². The summed E-state index contributed by atoms with van der Waals surface area (Å²) in [7, 11) is 1.47. The Labute approximate surface area is 183 Å². The van der Waals surface area contributed by atoms with Crippen molar-refractivity contribution in [1.82, 2.24) is 10.3 Å². The minimum absolute atomic E-state index is 0.103. The highest BCUT2D eigenvalue weighted by Gasteiger charge is 2.17. The van der Waals surface area contributed by atoms with Crippen molar-refractivity contribution in [3.8, 4) is 5.88 Å². The molecule has 0 bridgehead atoms. The van der Waals surface area contributed by atoms with Gasteiger partial charge in [0.1, 0.15) is 5.60 Å². The summed E-state index contributed by atoms with van der Waals surface area (Å²) in [5, 5.41) is 3.51. The molecule has 1 N–H and O–H groups in total. The van der Waals surface area contributed by atoms with Crippen LogP contribution in [0.5, 0.6) is 5.88 Å². The third-order valence-corrected chi connectivity index (χ3v) is 4.58. The third kappa shape index (κ3) is 8.36. The standard InChI is InChI=1S/C24H32N2O5/c1-24(2,3)31-22(29)14-8-6-5-7-13-21(28)25-16-20(27)18-15-17-11-9-10-12-19(17)26-23(18)30-4/h9-12,15H,5-8,13-14,16H2,1-4H3,(H,25,28). The molecule has 1 amide bonds. The van der Waals surface area contributed by atoms with Crippen molar-refractivity contribution >= 4 is 28.6 Å². The highest BCUT2D eigenvalue weighted by molar-refractivity contribution is 6.03. The summed E-state index contributed by atoms with van der Waals surface area (Å²) in [6.07, 6.45) is 3.86. The molecule has 0 aliphatic rings. The molecule has 0 spiro atoms. The molecule has 2 rings (SSSR count). The van der Waals surface area contributed by atoms with E-state index in [1.54, 1.807) is 6.07 Å². The summed E-state index contributed by atoms with van der Waals surface area (Å²) in [6.45, 7) is 5.44. The SMILES string of the molecule is COc1nc2ccccc2cc1C(=O)CNC(=O)CCCCCCC(=O)OC(C)(C)C. The number of amides is 1. The molecule has 0 aliphatic heterocycles. The molecule has 0 fully saturated rings. The number of esters is 1. The number of methoxy groups -OCH3 is 1. The van der Waals surface area contributed by atoms with Gasteiger partial charge in [0.05, 0.1) is 24.7 Å². The van der Waals surface area contributed by atoms with Crippen molar-refractivity contribution < 1.29 is 23.9 Å². The largest absolute Gasteiger partial charge is 0.480 e. The van der Waals surface area contributed by atoms with E-state index >= 15 is 0 Å². The number of nitrogens with zero attached hydrogens (tertiary/aromatic N) is 1. The fraction of sp³-hybridized carbons (Fsp3) is 0.500. The van der Waals surface area contributed by atoms with Crippen molar-refractivity contribution in [2.75, 3.05) is 13.7 Å². The second kappa shape index (κ2) is 11.4. The van der Waals surface area contributed by atoms with Crippen LogP contribution in [0.1, 0.15) is 69.7 Å². The van der Waals surface area contributed by atoms with E-state index in [2.05, 4.69) is 10.3 Å². The normalized spacial score (nSPS) is 11.2. The molecule has 1 aromatic carbocycles. The van der Waals surface area contributed by atoms with Gasteiger partial charge < -0.3 is 14.8 Å². The van der Waals surface area contributed by atoms with Crippen molar-refractivity contribution in [2.45, 2.75) is 64.9 Å². The fourth-order valence-electron chi connectivity index (χ4n) is 3.12. The molecule has 168 valence electrons. The maximum absolute atomic E-state index is 12.6. The lowest BCUT2D eigenvalue weighted by Gasteiger charge is -2.19. The van der Waals surface area contributed by atoms with Gasteiger partial charge in [0.25, 0.3) is 0 Å². The lowest BCUT2D eigenvalue weighted by Crippen LogP contribution is -2.29. The summed E-state index contributed by atoms with van der Waals surface area (Å²) in [6, 6.07) is 9.20. The van der Waals surface area contributed by atoms with Crippen LogP contribution in [0.15, 0.2) is 30.3 Å². The summed E-state index contributed by atoms with van der Waals surface area (Å²) in [5.41, 5.74) is 0.634. The molecule has 0 radical (unpaired) electrons. The number of pyridine rings is 1. The van der Waals surface area contributed by atoms with Crippen LogP contribution in [0.2, 0.25) is 0 Å². The van der Waals surface area contributed by atoms with Crippen molar-refractivity contribution in [3.05, 3.63) is 35.9 Å². The number of carbonyl (C=O) groups excluding carboxylic acids is 3. The van der Waals surface area contributed by atoms with E-state index < -0.39 is 5.60 Å². The van der Waals surface area contributed by atoms with Crippen LogP contribution in [0.3, 0.4) is 0 Å². The number of Topliss-reactive ketones (excluding diaryl/α,β-unsaturated/α-hetero) is 1. The predicted molar refractivity (Wildman–Crippen MR) is 119 cm³/mol. The van der Waals surface area contributed by atoms with E-state index in [-0.39, 0.29) is 30.1 Å². The van der Waals surface area contributed by atoms with Gasteiger partial charge >= 0.3 is 5.97 Å². The second-order valence-corrected chi connectivity index (χ2v) is 8.44. The summed E-state index contributed by atoms with van der Waals surface area (Å²) in [5.74, 6) is -0.362. The Hall–Kier alpha value is -2.96. The molecule has 7 nitrogen and oxygen atoms in total. The van der Waals surface area contributed by atoms with Crippen LogP contribution >= 0.6 is 0 Å². The zero-order chi connectivity index (χ0) is 22.9. The van der Waals surface area contributed by atoms with E-state index in [1.165, 1.54) is 7.11 Å². The Balaban J connectivity index is 1.70. The van der Waals surface area contributed by atoms with Crippen molar-refractivity contribution in [3.63, 3.8) is 0 Å². The zero-order valence-corrected chi connectivity index (χ0v) is 18.8. The summed E-state index contributed by atoms with van der Waals surface area (Å²) < 4.78 is 10.5. The zero-order valence-electron chi connectivity index (χ0n) is 18.8. The Morgan fingerprint density at radius 3 is 2.35 bits per heavy atom. The van der Waals surface area contributed by atoms with Crippen LogP contribution < -0.4 is 10.1 Å². The number of hydrogen-bond acceptors (Lipinski definition) is 6. The number of nitrogens with one attached hydrogen (secondary N) is 1. The quantitative estimate of drug-likeness (QED) is 0.327. The van der Waals surface area contributed by atoms with Gasteiger partial charge in [0.15, 0.2) is 5.78 Å². The van der Waals surface area contributed by atoms with Crippen LogP contribution in [-0.2, 0) is 14.3 Å². The van der Waals surface area contributed by atoms with Gasteiger partial charge in [-0.25, -0.2) is 4.98 Å². The van der Waals surface area contributed by atoms with Crippen molar-refractivity contribution in [2.24, 2.45) is 0 Å². The number of aromatic nitrogens is 1. The number of benzene rings is 1. The molecule has 1 heterocycles. The molecule has 0 aliphatic carbocycles. The van der Waals surface area contributed by atoms with Gasteiger partial charge in [0.2, 0.25) is 11.8 Å². The molecule has 0 saturated heterocycles. The first kappa shape index (κ1) is 24.3. The highest BCUT2D eigenvalue weighted by Crippen LogP contribution is 2.22. The number of unbranched alkanes of at least 4 members (excludes halogenated alkanes) is 3. The first-order valence-electron chi connectivity index (χ1n) is 10.6. The van der Waals surface area contributed by atoms with Crippen LogP contribution in [0.25, 0.3) is 10.9 Å². The van der Waals surface area contributed by atoms with Gasteiger partial charge in [-0.1, -0.05) is 31.0 Å². The number of ketones is 1. The smallest absolute Gasteiger partial charge is 0.306 e. The number of para-hydroxylation sites is 1. The molecule has 0 atom stereocenters. The minimum atomic E-state index is -0.459. The summed E-state index contributed by atoms with van der Waals surface area (Å²) in [4.78, 5) is 40.6. The van der Waals surface area contributed by atoms with Gasteiger partial charge in [-0.05, 0) is 45.7 Å². The summed E-state index contributed by atoms with van der Waals surface area (Å²) >= 11 is 0. The average molecular weight is 429 g/mol. The lowest BCUT2D eigenvalue weighted by molar-refractivity contribution is -0.154. The Bertz CT molecular complexity index is 918. The number of ether oxygens (including phenoxy) is 2. The van der Waals surface area contributed by atoms with Gasteiger partial charge in [0, 0.05) is 18.2 Å². The Morgan fingerprint density at radius 1 is 1.00 bits per heavy atom. The van der Waals surface area contributed by atoms with E-state index in [9.17, 15) is 14.4 Å². The molecular formula is C24H32N2O5. The Kier molecular flexibility index (Phi) is 8.97. The number of fused-ring (bicyclic) bond motifs is 1.